The topological polar surface area (TPSA) is 97.5 Å². The zero-order valence-corrected chi connectivity index (χ0v) is 9.43. The van der Waals surface area contributed by atoms with E-state index in [2.05, 4.69) is 15.9 Å². The zero-order valence-electron chi connectivity index (χ0n) is 7.03. The zero-order chi connectivity index (χ0) is 12.4. The minimum atomic E-state index is -5.43. The van der Waals surface area contributed by atoms with Gasteiger partial charge in [0.1, 0.15) is 10.2 Å². The van der Waals surface area contributed by atoms with Crippen molar-refractivity contribution < 1.29 is 31.5 Å². The van der Waals surface area contributed by atoms with E-state index >= 15 is 0 Å². The van der Waals surface area contributed by atoms with Crippen molar-refractivity contribution in [1.29, 1.82) is 0 Å². The van der Waals surface area contributed by atoms with Gasteiger partial charge >= 0.3 is 11.5 Å². The smallest absolute Gasteiger partial charge is 0.480 e. The van der Waals surface area contributed by atoms with Crippen LogP contribution in [0.3, 0.4) is 0 Å². The molecule has 5 nitrogen and oxygen atoms in total. The third kappa shape index (κ3) is 3.61. The molecule has 10 heteroatoms. The summed E-state index contributed by atoms with van der Waals surface area (Å²) >= 11 is 2.25. The van der Waals surface area contributed by atoms with E-state index < -0.39 is 37.9 Å². The Morgan fingerprint density at radius 2 is 1.87 bits per heavy atom. The number of rotatable bonds is 4. The molecule has 90 valence electrons. The van der Waals surface area contributed by atoms with Crippen LogP contribution >= 0.6 is 15.9 Å². The van der Waals surface area contributed by atoms with Gasteiger partial charge in [-0.05, 0) is 0 Å². The van der Waals surface area contributed by atoms with Gasteiger partial charge in [0.15, 0.2) is 0 Å². The fraction of sp³-hybridized carbons (Fsp3) is 0.800. The number of hydrogen-bond acceptors (Lipinski definition) is 4. The van der Waals surface area contributed by atoms with Gasteiger partial charge < -0.3 is 10.8 Å². The Balaban J connectivity index is 4.75. The lowest BCUT2D eigenvalue weighted by Gasteiger charge is -2.15. The normalized spacial score (nSPS) is 17.1. The molecule has 0 heterocycles. The van der Waals surface area contributed by atoms with Crippen LogP contribution in [0.4, 0.5) is 13.2 Å². The SMILES string of the molecule is NC(CC(Br)S(=O)(=O)C(F)(F)F)C(=O)O. The standard InChI is InChI=1S/C5H7BrF3NO4S/c6-3(1-2(10)4(11)12)15(13,14)5(7,8)9/h2-3H,1,10H2,(H,11,12). The third-order valence-electron chi connectivity index (χ3n) is 1.42. The Hall–Kier alpha value is -0.350. The molecule has 0 aliphatic carbocycles. The molecule has 0 aliphatic heterocycles. The molecule has 0 spiro atoms. The van der Waals surface area contributed by atoms with Gasteiger partial charge in [0.05, 0.1) is 0 Å². The molecule has 3 N–H and O–H groups in total. The summed E-state index contributed by atoms with van der Waals surface area (Å²) in [5, 5.41) is 8.28. The summed E-state index contributed by atoms with van der Waals surface area (Å²) < 4.78 is 55.1. The van der Waals surface area contributed by atoms with E-state index in [1.54, 1.807) is 0 Å². The number of sulfone groups is 1. The van der Waals surface area contributed by atoms with Crippen LogP contribution < -0.4 is 5.73 Å². The Morgan fingerprint density at radius 3 is 2.13 bits per heavy atom. The number of carboxylic acid groups (broad SMARTS) is 1. The fourth-order valence-corrected chi connectivity index (χ4v) is 2.36. The van der Waals surface area contributed by atoms with Gasteiger partial charge in [-0.2, -0.15) is 13.2 Å². The van der Waals surface area contributed by atoms with Crippen LogP contribution in [0.25, 0.3) is 0 Å². The van der Waals surface area contributed by atoms with Gasteiger partial charge in [-0.3, -0.25) is 4.79 Å². The Morgan fingerprint density at radius 1 is 1.47 bits per heavy atom. The maximum atomic E-state index is 11.9. The molecule has 2 unspecified atom stereocenters. The lowest BCUT2D eigenvalue weighted by Crippen LogP contribution is -2.38. The van der Waals surface area contributed by atoms with E-state index in [1.165, 1.54) is 0 Å². The predicted octanol–water partition coefficient (Wildman–Crippen LogP) is 0.444. The summed E-state index contributed by atoms with van der Waals surface area (Å²) in [5.41, 5.74) is -0.535. The second-order valence-corrected chi connectivity index (χ2v) is 6.41. The molecule has 0 amide bonds. The molecule has 0 aromatic carbocycles. The van der Waals surface area contributed by atoms with Crippen LogP contribution in [0, 0.1) is 0 Å². The second-order valence-electron chi connectivity index (χ2n) is 2.58. The van der Waals surface area contributed by atoms with Crippen molar-refractivity contribution in [3.63, 3.8) is 0 Å². The lowest BCUT2D eigenvalue weighted by atomic mass is 10.2. The summed E-state index contributed by atoms with van der Waals surface area (Å²) in [4.78, 5) is 10.2. The third-order valence-corrected chi connectivity index (χ3v) is 4.78. The van der Waals surface area contributed by atoms with E-state index in [-0.39, 0.29) is 0 Å². The lowest BCUT2D eigenvalue weighted by molar-refractivity contribution is -0.138. The van der Waals surface area contributed by atoms with Gasteiger partial charge in [-0.15, -0.1) is 0 Å². The maximum Gasteiger partial charge on any atom is 0.498 e. The Kier molecular flexibility index (Phi) is 4.55. The van der Waals surface area contributed by atoms with Crippen molar-refractivity contribution in [1.82, 2.24) is 0 Å². The van der Waals surface area contributed by atoms with Crippen LogP contribution in [0.15, 0.2) is 0 Å². The number of aliphatic carboxylic acids is 1. The molecule has 0 bridgehead atoms. The first-order valence-corrected chi connectivity index (χ1v) is 5.89. The van der Waals surface area contributed by atoms with Gasteiger partial charge in [0, 0.05) is 6.42 Å². The van der Waals surface area contributed by atoms with Crippen molar-refractivity contribution in [3.05, 3.63) is 0 Å². The van der Waals surface area contributed by atoms with Crippen LogP contribution in [0.1, 0.15) is 6.42 Å². The average molecular weight is 314 g/mol. The number of carboxylic acids is 1. The quantitative estimate of drug-likeness (QED) is 0.734. The molecule has 0 rings (SSSR count). The molecule has 0 aromatic rings. The highest BCUT2D eigenvalue weighted by molar-refractivity contribution is 9.11. The van der Waals surface area contributed by atoms with Gasteiger partial charge in [-0.25, -0.2) is 8.42 Å². The van der Waals surface area contributed by atoms with Crippen LogP contribution in [-0.2, 0) is 14.6 Å². The van der Waals surface area contributed by atoms with E-state index in [0.717, 1.165) is 0 Å². The van der Waals surface area contributed by atoms with Crippen LogP contribution in [0.2, 0.25) is 0 Å². The highest BCUT2D eigenvalue weighted by Gasteiger charge is 2.50. The summed E-state index contributed by atoms with van der Waals surface area (Å²) in [7, 11) is -5.43. The van der Waals surface area contributed by atoms with Gasteiger partial charge in [0.25, 0.3) is 9.84 Å². The molecule has 2 atom stereocenters. The fourth-order valence-electron chi connectivity index (χ4n) is 0.572. The number of alkyl halides is 4. The van der Waals surface area contributed by atoms with Crippen LogP contribution in [-0.4, -0.2) is 35.2 Å². The van der Waals surface area contributed by atoms with E-state index in [1.807, 2.05) is 0 Å². The first kappa shape index (κ1) is 14.6. The van der Waals surface area contributed by atoms with Crippen molar-refractivity contribution in [2.45, 2.75) is 22.1 Å². The minimum Gasteiger partial charge on any atom is -0.480 e. The van der Waals surface area contributed by atoms with Crippen LogP contribution in [0.5, 0.6) is 0 Å². The first-order valence-electron chi connectivity index (χ1n) is 3.42. The molecule has 0 saturated carbocycles. The molecule has 0 radical (unpaired) electrons. The van der Waals surface area contributed by atoms with Crippen molar-refractivity contribution in [2.24, 2.45) is 5.73 Å². The predicted molar refractivity (Wildman–Crippen MR) is 47.9 cm³/mol. The summed E-state index contributed by atoms with van der Waals surface area (Å²) in [6.07, 6.45) is -0.864. The summed E-state index contributed by atoms with van der Waals surface area (Å²) in [6, 6.07) is -1.67. The van der Waals surface area contributed by atoms with Crippen molar-refractivity contribution >= 4 is 31.7 Å². The van der Waals surface area contributed by atoms with Crippen molar-refractivity contribution in [3.8, 4) is 0 Å². The summed E-state index contributed by atoms with van der Waals surface area (Å²) in [5.74, 6) is -1.57. The molecule has 0 fully saturated rings. The molecular weight excluding hydrogens is 307 g/mol. The second kappa shape index (κ2) is 4.66. The molecule has 0 aliphatic rings. The number of carbonyl (C=O) groups is 1. The Labute approximate surface area is 91.5 Å². The van der Waals surface area contributed by atoms with E-state index in [4.69, 9.17) is 10.8 Å². The number of hydrogen-bond donors (Lipinski definition) is 2. The van der Waals surface area contributed by atoms with Gasteiger partial charge in [-0.1, -0.05) is 15.9 Å². The Bertz CT molecular complexity index is 341. The highest BCUT2D eigenvalue weighted by atomic mass is 79.9. The molecule has 15 heavy (non-hydrogen) atoms. The van der Waals surface area contributed by atoms with E-state index in [9.17, 15) is 26.4 Å². The highest BCUT2D eigenvalue weighted by Crippen LogP contribution is 2.31. The first-order chi connectivity index (χ1) is 6.50. The molecule has 0 aromatic heterocycles. The largest absolute Gasteiger partial charge is 0.498 e. The molecule has 0 saturated heterocycles. The molecular formula is C5H7BrF3NO4S. The number of nitrogens with two attached hydrogens (primary N) is 1. The summed E-state index contributed by atoms with van der Waals surface area (Å²) in [6.45, 7) is 0. The van der Waals surface area contributed by atoms with Gasteiger partial charge in [0.2, 0.25) is 0 Å². The monoisotopic (exact) mass is 313 g/mol. The average Bonchev–Trinajstić information content (AvgIpc) is 2.01. The maximum absolute atomic E-state index is 11.9. The minimum absolute atomic E-state index is 0.864. The van der Waals surface area contributed by atoms with Crippen molar-refractivity contribution in [2.75, 3.05) is 0 Å². The van der Waals surface area contributed by atoms with E-state index in [0.29, 0.717) is 0 Å². The number of halogens is 4.